The van der Waals surface area contributed by atoms with E-state index in [9.17, 15) is 0 Å². The molecule has 2 heterocycles. The van der Waals surface area contributed by atoms with Crippen molar-refractivity contribution in [1.29, 1.82) is 0 Å². The SMILES string of the molecule is COc1ccc(-n2nnc(-c3nc(-c4ccccc4C)cs3)c2N)cc1. The van der Waals surface area contributed by atoms with Crippen molar-refractivity contribution < 1.29 is 4.74 Å². The number of nitrogen functional groups attached to an aromatic ring is 1. The zero-order chi connectivity index (χ0) is 18.1. The summed E-state index contributed by atoms with van der Waals surface area (Å²) in [5.74, 6) is 1.23. The third-order valence-corrected chi connectivity index (χ3v) is 5.00. The number of rotatable bonds is 4. The molecule has 0 spiro atoms. The average Bonchev–Trinajstić information content (AvgIpc) is 3.29. The summed E-state index contributed by atoms with van der Waals surface area (Å²) in [6, 6.07) is 15.6. The summed E-state index contributed by atoms with van der Waals surface area (Å²) >= 11 is 1.51. The lowest BCUT2D eigenvalue weighted by Crippen LogP contribution is -2.02. The molecule has 0 unspecified atom stereocenters. The molecule has 26 heavy (non-hydrogen) atoms. The molecule has 0 aliphatic carbocycles. The molecule has 2 N–H and O–H groups in total. The van der Waals surface area contributed by atoms with Crippen LogP contribution >= 0.6 is 11.3 Å². The van der Waals surface area contributed by atoms with E-state index in [2.05, 4.69) is 29.4 Å². The lowest BCUT2D eigenvalue weighted by Gasteiger charge is -2.04. The molecule has 4 aromatic rings. The third kappa shape index (κ3) is 2.82. The molecule has 0 radical (unpaired) electrons. The first-order chi connectivity index (χ1) is 12.7. The Morgan fingerprint density at radius 2 is 1.85 bits per heavy atom. The molecule has 0 saturated heterocycles. The highest BCUT2D eigenvalue weighted by atomic mass is 32.1. The summed E-state index contributed by atoms with van der Waals surface area (Å²) in [6.45, 7) is 2.07. The number of anilines is 1. The lowest BCUT2D eigenvalue weighted by molar-refractivity contribution is 0.414. The van der Waals surface area contributed by atoms with Gasteiger partial charge in [-0.3, -0.25) is 0 Å². The van der Waals surface area contributed by atoms with Gasteiger partial charge in [0.1, 0.15) is 10.8 Å². The maximum atomic E-state index is 6.29. The maximum absolute atomic E-state index is 6.29. The second-order valence-electron chi connectivity index (χ2n) is 5.79. The van der Waals surface area contributed by atoms with E-state index in [1.165, 1.54) is 16.9 Å². The van der Waals surface area contributed by atoms with E-state index in [1.807, 2.05) is 41.8 Å². The predicted octanol–water partition coefficient (Wildman–Crippen LogP) is 3.96. The van der Waals surface area contributed by atoms with Crippen LogP contribution in [0.3, 0.4) is 0 Å². The minimum atomic E-state index is 0.459. The van der Waals surface area contributed by atoms with Crippen LogP contribution in [0.5, 0.6) is 5.75 Å². The van der Waals surface area contributed by atoms with Crippen molar-refractivity contribution in [2.75, 3.05) is 12.8 Å². The summed E-state index contributed by atoms with van der Waals surface area (Å²) in [5.41, 5.74) is 10.9. The summed E-state index contributed by atoms with van der Waals surface area (Å²) in [7, 11) is 1.63. The van der Waals surface area contributed by atoms with Gasteiger partial charge in [-0.15, -0.1) is 16.4 Å². The van der Waals surface area contributed by atoms with E-state index >= 15 is 0 Å². The predicted molar refractivity (Wildman–Crippen MR) is 104 cm³/mol. The molecule has 2 aromatic carbocycles. The minimum Gasteiger partial charge on any atom is -0.497 e. The first-order valence-electron chi connectivity index (χ1n) is 8.05. The number of nitrogens with zero attached hydrogens (tertiary/aromatic N) is 4. The van der Waals surface area contributed by atoms with Gasteiger partial charge in [-0.25, -0.2) is 4.98 Å². The van der Waals surface area contributed by atoms with Crippen LogP contribution in [0.1, 0.15) is 5.56 Å². The number of methoxy groups -OCH3 is 1. The fraction of sp³-hybridized carbons (Fsp3) is 0.105. The first-order valence-corrected chi connectivity index (χ1v) is 8.93. The zero-order valence-electron chi connectivity index (χ0n) is 14.4. The standard InChI is InChI=1S/C19H17N5OS/c1-12-5-3-4-6-15(12)16-11-26-19(21-16)17-18(20)24(23-22-17)13-7-9-14(25-2)10-8-13/h3-11H,20H2,1-2H3. The van der Waals surface area contributed by atoms with Crippen LogP contribution < -0.4 is 10.5 Å². The summed E-state index contributed by atoms with van der Waals surface area (Å²) in [6.07, 6.45) is 0. The van der Waals surface area contributed by atoms with Gasteiger partial charge in [0.05, 0.1) is 18.5 Å². The van der Waals surface area contributed by atoms with Gasteiger partial charge in [-0.05, 0) is 36.8 Å². The molecule has 0 atom stereocenters. The molecule has 6 nitrogen and oxygen atoms in total. The summed E-state index contributed by atoms with van der Waals surface area (Å²) < 4.78 is 6.78. The number of hydrogen-bond acceptors (Lipinski definition) is 6. The average molecular weight is 363 g/mol. The van der Waals surface area contributed by atoms with Crippen molar-refractivity contribution in [3.05, 3.63) is 59.5 Å². The van der Waals surface area contributed by atoms with Crippen molar-refractivity contribution in [2.45, 2.75) is 6.92 Å². The third-order valence-electron chi connectivity index (χ3n) is 4.15. The Morgan fingerprint density at radius 1 is 1.08 bits per heavy atom. The molecule has 0 aliphatic rings. The van der Waals surface area contributed by atoms with Gasteiger partial charge < -0.3 is 10.5 Å². The highest BCUT2D eigenvalue weighted by Crippen LogP contribution is 2.32. The Hall–Kier alpha value is -3.19. The Morgan fingerprint density at radius 3 is 2.58 bits per heavy atom. The number of benzene rings is 2. The molecule has 7 heteroatoms. The second-order valence-corrected chi connectivity index (χ2v) is 6.64. The van der Waals surface area contributed by atoms with Gasteiger partial charge in [0.15, 0.2) is 11.5 Å². The summed E-state index contributed by atoms with van der Waals surface area (Å²) in [4.78, 5) is 4.71. The van der Waals surface area contributed by atoms with Crippen LogP contribution in [0.4, 0.5) is 5.82 Å². The smallest absolute Gasteiger partial charge is 0.165 e. The van der Waals surface area contributed by atoms with E-state index in [-0.39, 0.29) is 0 Å². The van der Waals surface area contributed by atoms with Gasteiger partial charge in [0.2, 0.25) is 0 Å². The van der Waals surface area contributed by atoms with E-state index in [0.29, 0.717) is 11.5 Å². The number of aromatic nitrogens is 4. The molecule has 2 aromatic heterocycles. The van der Waals surface area contributed by atoms with Crippen LogP contribution in [0.2, 0.25) is 0 Å². The minimum absolute atomic E-state index is 0.459. The molecule has 0 bridgehead atoms. The fourth-order valence-corrected chi connectivity index (χ4v) is 3.53. The molecule has 4 rings (SSSR count). The van der Waals surface area contributed by atoms with Gasteiger partial charge in [0.25, 0.3) is 0 Å². The van der Waals surface area contributed by atoms with Crippen LogP contribution in [0, 0.1) is 6.92 Å². The monoisotopic (exact) mass is 363 g/mol. The van der Waals surface area contributed by atoms with E-state index in [4.69, 9.17) is 15.5 Å². The highest BCUT2D eigenvalue weighted by molar-refractivity contribution is 7.13. The summed E-state index contributed by atoms with van der Waals surface area (Å²) in [5, 5.41) is 11.2. The highest BCUT2D eigenvalue weighted by Gasteiger charge is 2.17. The van der Waals surface area contributed by atoms with Crippen LogP contribution in [-0.4, -0.2) is 27.1 Å². The normalized spacial score (nSPS) is 10.8. The van der Waals surface area contributed by atoms with Gasteiger partial charge in [0, 0.05) is 10.9 Å². The molecular weight excluding hydrogens is 346 g/mol. The maximum Gasteiger partial charge on any atom is 0.165 e. The Labute approximate surface area is 154 Å². The van der Waals surface area contributed by atoms with Crippen molar-refractivity contribution in [3.8, 4) is 33.4 Å². The van der Waals surface area contributed by atoms with Crippen molar-refractivity contribution >= 4 is 17.2 Å². The van der Waals surface area contributed by atoms with E-state index in [0.717, 1.165) is 27.7 Å². The molecule has 0 fully saturated rings. The number of nitrogens with two attached hydrogens (primary N) is 1. The number of hydrogen-bond donors (Lipinski definition) is 1. The van der Waals surface area contributed by atoms with Crippen molar-refractivity contribution in [1.82, 2.24) is 20.0 Å². The van der Waals surface area contributed by atoms with Crippen LogP contribution in [-0.2, 0) is 0 Å². The fourth-order valence-electron chi connectivity index (χ4n) is 2.72. The molecule has 0 aliphatic heterocycles. The Kier molecular flexibility index (Phi) is 4.14. The lowest BCUT2D eigenvalue weighted by atomic mass is 10.1. The molecule has 130 valence electrons. The zero-order valence-corrected chi connectivity index (χ0v) is 15.2. The Balaban J connectivity index is 1.69. The topological polar surface area (TPSA) is 78.8 Å². The number of thiazole rings is 1. The largest absolute Gasteiger partial charge is 0.497 e. The molecule has 0 amide bonds. The second kappa shape index (κ2) is 6.61. The van der Waals surface area contributed by atoms with Gasteiger partial charge in [-0.1, -0.05) is 29.5 Å². The number of ether oxygens (including phenoxy) is 1. The van der Waals surface area contributed by atoms with Gasteiger partial charge in [-0.2, -0.15) is 4.68 Å². The first kappa shape index (κ1) is 16.3. The van der Waals surface area contributed by atoms with Crippen LogP contribution in [0.25, 0.3) is 27.6 Å². The van der Waals surface area contributed by atoms with Gasteiger partial charge >= 0.3 is 0 Å². The van der Waals surface area contributed by atoms with Crippen molar-refractivity contribution in [3.63, 3.8) is 0 Å². The van der Waals surface area contributed by atoms with Crippen LogP contribution in [0.15, 0.2) is 53.9 Å². The van der Waals surface area contributed by atoms with E-state index in [1.54, 1.807) is 11.8 Å². The Bertz CT molecular complexity index is 1050. The quantitative estimate of drug-likeness (QED) is 0.594. The molecule has 0 saturated carbocycles. The number of aryl methyl sites for hydroxylation is 1. The van der Waals surface area contributed by atoms with Crippen molar-refractivity contribution in [2.24, 2.45) is 0 Å². The molecular formula is C19H17N5OS. The van der Waals surface area contributed by atoms with E-state index < -0.39 is 0 Å².